The highest BCUT2D eigenvalue weighted by Gasteiger charge is 2.20. The van der Waals surface area contributed by atoms with Gasteiger partial charge < -0.3 is 5.32 Å². The summed E-state index contributed by atoms with van der Waals surface area (Å²) in [5.74, 6) is 0.574. The van der Waals surface area contributed by atoms with Crippen molar-refractivity contribution in [3.8, 4) is 0 Å². The highest BCUT2D eigenvalue weighted by atomic mass is 32.2. The van der Waals surface area contributed by atoms with Gasteiger partial charge in [-0.15, -0.1) is 0 Å². The molecule has 1 rings (SSSR count). The Bertz CT molecular complexity index is 285. The second-order valence-corrected chi connectivity index (χ2v) is 6.80. The van der Waals surface area contributed by atoms with Crippen LogP contribution in [0.5, 0.6) is 0 Å². The topological polar surface area (TPSA) is 58.2 Å². The molecule has 1 atom stereocenters. The van der Waals surface area contributed by atoms with Gasteiger partial charge in [0, 0.05) is 6.54 Å². The van der Waals surface area contributed by atoms with Crippen molar-refractivity contribution in [2.45, 2.75) is 45.4 Å². The molecule has 17 heavy (non-hydrogen) atoms. The predicted molar refractivity (Wildman–Crippen MR) is 71.5 cm³/mol. The van der Waals surface area contributed by atoms with Gasteiger partial charge in [-0.1, -0.05) is 26.2 Å². The fourth-order valence-corrected chi connectivity index (χ4v) is 3.69. The molecule has 1 heterocycles. The molecule has 0 aromatic carbocycles. The summed E-state index contributed by atoms with van der Waals surface area (Å²) in [4.78, 5) is 0. The minimum absolute atomic E-state index is 0.285. The van der Waals surface area contributed by atoms with Crippen molar-refractivity contribution in [3.05, 3.63) is 0 Å². The highest BCUT2D eigenvalue weighted by Crippen LogP contribution is 2.11. The third-order valence-corrected chi connectivity index (χ3v) is 4.76. The maximum Gasteiger partial charge on any atom is 0.211 e. The van der Waals surface area contributed by atoms with Crippen molar-refractivity contribution < 1.29 is 8.42 Å². The molecular weight excluding hydrogens is 236 g/mol. The molecule has 4 nitrogen and oxygen atoms in total. The van der Waals surface area contributed by atoms with Crippen LogP contribution in [0, 0.1) is 5.92 Å². The van der Waals surface area contributed by atoms with Crippen molar-refractivity contribution in [2.75, 3.05) is 25.4 Å². The van der Waals surface area contributed by atoms with Gasteiger partial charge >= 0.3 is 0 Å². The van der Waals surface area contributed by atoms with Crippen LogP contribution in [0.15, 0.2) is 0 Å². The van der Waals surface area contributed by atoms with E-state index in [9.17, 15) is 8.42 Å². The van der Waals surface area contributed by atoms with Crippen molar-refractivity contribution in [1.82, 2.24) is 10.0 Å². The van der Waals surface area contributed by atoms with Crippen molar-refractivity contribution in [3.63, 3.8) is 0 Å². The summed E-state index contributed by atoms with van der Waals surface area (Å²) >= 11 is 0. The molecule has 0 amide bonds. The van der Waals surface area contributed by atoms with E-state index in [1.54, 1.807) is 0 Å². The van der Waals surface area contributed by atoms with E-state index in [1.165, 1.54) is 12.8 Å². The Balaban J connectivity index is 2.16. The van der Waals surface area contributed by atoms with E-state index in [0.717, 1.165) is 38.8 Å². The van der Waals surface area contributed by atoms with Crippen LogP contribution < -0.4 is 10.0 Å². The molecule has 5 heteroatoms. The number of unbranched alkanes of at least 4 members (excludes halogenated alkanes) is 3. The summed E-state index contributed by atoms with van der Waals surface area (Å²) in [7, 11) is -3.06. The van der Waals surface area contributed by atoms with Gasteiger partial charge in [-0.2, -0.15) is 0 Å². The molecule has 0 saturated carbocycles. The van der Waals surface area contributed by atoms with Gasteiger partial charge in [0.15, 0.2) is 0 Å². The molecule has 0 aromatic heterocycles. The van der Waals surface area contributed by atoms with Crippen LogP contribution in [-0.4, -0.2) is 33.8 Å². The van der Waals surface area contributed by atoms with Gasteiger partial charge in [0.1, 0.15) is 0 Å². The average molecular weight is 262 g/mol. The number of rotatable bonds is 8. The Morgan fingerprint density at radius 2 is 2.12 bits per heavy atom. The third kappa shape index (κ3) is 7.01. The van der Waals surface area contributed by atoms with Gasteiger partial charge in [0.05, 0.1) is 5.75 Å². The quantitative estimate of drug-likeness (QED) is 0.652. The first-order chi connectivity index (χ1) is 8.14. The molecule has 0 aromatic rings. The van der Waals surface area contributed by atoms with Crippen LogP contribution in [-0.2, 0) is 10.0 Å². The first-order valence-corrected chi connectivity index (χ1v) is 8.47. The Morgan fingerprint density at radius 3 is 2.76 bits per heavy atom. The van der Waals surface area contributed by atoms with E-state index >= 15 is 0 Å². The smallest absolute Gasteiger partial charge is 0.211 e. The lowest BCUT2D eigenvalue weighted by molar-refractivity contribution is 0.402. The Hall–Kier alpha value is -0.130. The fourth-order valence-electron chi connectivity index (χ4n) is 2.21. The summed E-state index contributed by atoms with van der Waals surface area (Å²) in [6, 6.07) is 0. The van der Waals surface area contributed by atoms with Gasteiger partial charge in [0.25, 0.3) is 0 Å². The largest absolute Gasteiger partial charge is 0.316 e. The van der Waals surface area contributed by atoms with Crippen LogP contribution in [0.1, 0.15) is 45.4 Å². The second kappa shape index (κ2) is 8.06. The lowest BCUT2D eigenvalue weighted by Crippen LogP contribution is -2.37. The van der Waals surface area contributed by atoms with Crippen LogP contribution in [0.25, 0.3) is 0 Å². The van der Waals surface area contributed by atoms with Crippen LogP contribution in [0.4, 0.5) is 0 Å². The first-order valence-electron chi connectivity index (χ1n) is 6.82. The van der Waals surface area contributed by atoms with Gasteiger partial charge in [0.2, 0.25) is 10.0 Å². The summed E-state index contributed by atoms with van der Waals surface area (Å²) in [6.07, 6.45) is 6.56. The zero-order chi connectivity index (χ0) is 12.6. The van der Waals surface area contributed by atoms with Crippen LogP contribution in [0.2, 0.25) is 0 Å². The molecule has 1 fully saturated rings. The Labute approximate surface area is 106 Å². The van der Waals surface area contributed by atoms with Crippen LogP contribution >= 0.6 is 0 Å². The van der Waals surface area contributed by atoms with Gasteiger partial charge in [-0.05, 0) is 38.3 Å². The van der Waals surface area contributed by atoms with E-state index < -0.39 is 10.0 Å². The van der Waals surface area contributed by atoms with Gasteiger partial charge in [-0.25, -0.2) is 13.1 Å². The van der Waals surface area contributed by atoms with Crippen molar-refractivity contribution >= 4 is 10.0 Å². The molecule has 102 valence electrons. The van der Waals surface area contributed by atoms with Crippen molar-refractivity contribution in [1.29, 1.82) is 0 Å². The lowest BCUT2D eigenvalue weighted by Gasteiger charge is -2.22. The zero-order valence-corrected chi connectivity index (χ0v) is 11.7. The number of hydrogen-bond acceptors (Lipinski definition) is 3. The van der Waals surface area contributed by atoms with E-state index in [2.05, 4.69) is 17.0 Å². The highest BCUT2D eigenvalue weighted by molar-refractivity contribution is 7.89. The zero-order valence-electron chi connectivity index (χ0n) is 10.9. The Kier molecular flexibility index (Phi) is 7.08. The first kappa shape index (κ1) is 14.9. The Morgan fingerprint density at radius 1 is 1.29 bits per heavy atom. The minimum atomic E-state index is -3.06. The van der Waals surface area contributed by atoms with Crippen LogP contribution in [0.3, 0.4) is 0 Å². The van der Waals surface area contributed by atoms with E-state index in [0.29, 0.717) is 6.54 Å². The van der Waals surface area contributed by atoms with Crippen molar-refractivity contribution in [2.24, 2.45) is 5.92 Å². The maximum absolute atomic E-state index is 11.8. The molecule has 2 N–H and O–H groups in total. The molecule has 0 radical (unpaired) electrons. The normalized spacial score (nSPS) is 21.6. The molecule has 1 aliphatic heterocycles. The summed E-state index contributed by atoms with van der Waals surface area (Å²) in [5, 5.41) is 3.25. The number of sulfonamides is 1. The maximum atomic E-state index is 11.8. The number of nitrogens with one attached hydrogen (secondary N) is 2. The SMILES string of the molecule is CCCCCCNS(=O)(=O)CC1CCCNC1. The monoisotopic (exact) mass is 262 g/mol. The standard InChI is InChI=1S/C12H26N2O2S/c1-2-3-4-5-9-14-17(15,16)11-12-7-6-8-13-10-12/h12-14H,2-11H2,1H3. The average Bonchev–Trinajstić information content (AvgIpc) is 2.29. The number of piperidine rings is 1. The van der Waals surface area contributed by atoms with E-state index in [-0.39, 0.29) is 11.7 Å². The molecule has 0 spiro atoms. The summed E-state index contributed by atoms with van der Waals surface area (Å²) in [6.45, 7) is 4.63. The van der Waals surface area contributed by atoms with E-state index in [4.69, 9.17) is 0 Å². The van der Waals surface area contributed by atoms with Gasteiger partial charge in [-0.3, -0.25) is 0 Å². The molecule has 1 saturated heterocycles. The minimum Gasteiger partial charge on any atom is -0.316 e. The molecule has 1 unspecified atom stereocenters. The molecule has 1 aliphatic rings. The molecular formula is C12H26N2O2S. The number of hydrogen-bond donors (Lipinski definition) is 2. The second-order valence-electron chi connectivity index (χ2n) is 4.95. The summed E-state index contributed by atoms with van der Waals surface area (Å²) < 4.78 is 26.3. The third-order valence-electron chi connectivity index (χ3n) is 3.21. The van der Waals surface area contributed by atoms with E-state index in [1.807, 2.05) is 0 Å². The molecule has 0 bridgehead atoms. The summed E-state index contributed by atoms with van der Waals surface area (Å²) in [5.41, 5.74) is 0. The molecule has 0 aliphatic carbocycles. The lowest BCUT2D eigenvalue weighted by atomic mass is 10.0. The fraction of sp³-hybridized carbons (Fsp3) is 1.00. The predicted octanol–water partition coefficient (Wildman–Crippen LogP) is 1.49.